The molecule has 0 atom stereocenters. The topological polar surface area (TPSA) is 30.7 Å². The van der Waals surface area contributed by atoms with Crippen LogP contribution in [0.25, 0.3) is 5.69 Å². The van der Waals surface area contributed by atoms with Gasteiger partial charge in [0.1, 0.15) is 5.82 Å². The van der Waals surface area contributed by atoms with E-state index in [2.05, 4.69) is 10.2 Å². The van der Waals surface area contributed by atoms with Crippen molar-refractivity contribution in [1.29, 1.82) is 0 Å². The highest BCUT2D eigenvalue weighted by Gasteiger charge is 2.05. The molecule has 3 nitrogen and oxygen atoms in total. The first-order valence-electron chi connectivity index (χ1n) is 3.91. The van der Waals surface area contributed by atoms with E-state index >= 15 is 0 Å². The van der Waals surface area contributed by atoms with Gasteiger partial charge in [-0.3, -0.25) is 0 Å². The highest BCUT2D eigenvalue weighted by molar-refractivity contribution is 5.38. The van der Waals surface area contributed by atoms with Gasteiger partial charge in [-0.05, 0) is 19.1 Å². The third-order valence-corrected chi connectivity index (χ3v) is 1.87. The fraction of sp³-hybridized carbons (Fsp3) is 0.111. The van der Waals surface area contributed by atoms with Crippen molar-refractivity contribution in [2.24, 2.45) is 0 Å². The standard InChI is InChI=1S/C9H8FN3/c1-7-8(10)3-2-4-9(7)13-11-5-6-12-13/h2-6H,1H3. The molecular weight excluding hydrogens is 169 g/mol. The Balaban J connectivity index is 2.59. The number of hydrogen-bond donors (Lipinski definition) is 0. The Labute approximate surface area is 74.8 Å². The molecule has 1 aromatic heterocycles. The number of halogens is 1. The first-order valence-corrected chi connectivity index (χ1v) is 3.91. The monoisotopic (exact) mass is 177 g/mol. The van der Waals surface area contributed by atoms with Crippen LogP contribution in [-0.4, -0.2) is 15.0 Å². The first-order chi connectivity index (χ1) is 6.29. The zero-order chi connectivity index (χ0) is 9.26. The molecular formula is C9H8FN3. The largest absolute Gasteiger partial charge is 0.207 e. The van der Waals surface area contributed by atoms with Crippen LogP contribution in [0.15, 0.2) is 30.6 Å². The lowest BCUT2D eigenvalue weighted by atomic mass is 10.2. The summed E-state index contributed by atoms with van der Waals surface area (Å²) in [5.74, 6) is -0.241. The summed E-state index contributed by atoms with van der Waals surface area (Å²) in [5.41, 5.74) is 1.23. The van der Waals surface area contributed by atoms with E-state index in [1.165, 1.54) is 10.9 Å². The van der Waals surface area contributed by atoms with Gasteiger partial charge < -0.3 is 0 Å². The van der Waals surface area contributed by atoms with Crippen LogP contribution >= 0.6 is 0 Å². The van der Waals surface area contributed by atoms with Crippen molar-refractivity contribution in [2.75, 3.05) is 0 Å². The van der Waals surface area contributed by atoms with Gasteiger partial charge in [-0.1, -0.05) is 6.07 Å². The number of hydrogen-bond acceptors (Lipinski definition) is 2. The molecule has 0 saturated carbocycles. The van der Waals surface area contributed by atoms with Crippen LogP contribution in [0.5, 0.6) is 0 Å². The minimum atomic E-state index is -0.241. The van der Waals surface area contributed by atoms with Gasteiger partial charge >= 0.3 is 0 Å². The molecule has 0 aliphatic heterocycles. The Morgan fingerprint density at radius 1 is 1.23 bits per heavy atom. The Bertz CT molecular complexity index is 409. The number of aromatic nitrogens is 3. The maximum absolute atomic E-state index is 13.1. The van der Waals surface area contributed by atoms with Gasteiger partial charge in [-0.2, -0.15) is 15.0 Å². The van der Waals surface area contributed by atoms with Gasteiger partial charge in [0, 0.05) is 5.56 Å². The Morgan fingerprint density at radius 2 is 1.92 bits per heavy atom. The number of nitrogens with zero attached hydrogens (tertiary/aromatic N) is 3. The van der Waals surface area contributed by atoms with Crippen LogP contribution in [-0.2, 0) is 0 Å². The Kier molecular flexibility index (Phi) is 1.81. The summed E-state index contributed by atoms with van der Waals surface area (Å²) >= 11 is 0. The lowest BCUT2D eigenvalue weighted by Crippen LogP contribution is -2.02. The van der Waals surface area contributed by atoms with Crippen molar-refractivity contribution in [1.82, 2.24) is 15.0 Å². The maximum Gasteiger partial charge on any atom is 0.128 e. The molecule has 2 rings (SSSR count). The molecule has 0 amide bonds. The van der Waals surface area contributed by atoms with Crippen molar-refractivity contribution < 1.29 is 4.39 Å². The van der Waals surface area contributed by atoms with E-state index in [4.69, 9.17) is 0 Å². The molecule has 4 heteroatoms. The summed E-state index contributed by atoms with van der Waals surface area (Å²) in [6, 6.07) is 4.84. The molecule has 13 heavy (non-hydrogen) atoms. The average Bonchev–Trinajstić information content (AvgIpc) is 2.62. The molecule has 0 aliphatic carbocycles. The molecule has 0 spiro atoms. The molecule has 0 fully saturated rings. The van der Waals surface area contributed by atoms with Gasteiger partial charge in [-0.15, -0.1) is 0 Å². The van der Waals surface area contributed by atoms with E-state index in [-0.39, 0.29) is 5.82 Å². The van der Waals surface area contributed by atoms with E-state index in [9.17, 15) is 4.39 Å². The molecule has 2 aromatic rings. The zero-order valence-electron chi connectivity index (χ0n) is 7.11. The summed E-state index contributed by atoms with van der Waals surface area (Å²) in [6.45, 7) is 1.70. The van der Waals surface area contributed by atoms with Gasteiger partial charge in [0.05, 0.1) is 18.1 Å². The lowest BCUT2D eigenvalue weighted by molar-refractivity contribution is 0.612. The summed E-state index contributed by atoms with van der Waals surface area (Å²) < 4.78 is 13.1. The van der Waals surface area contributed by atoms with Gasteiger partial charge in [0.2, 0.25) is 0 Å². The van der Waals surface area contributed by atoms with E-state index in [1.54, 1.807) is 31.5 Å². The van der Waals surface area contributed by atoms with Crippen LogP contribution in [0.4, 0.5) is 4.39 Å². The molecule has 1 heterocycles. The third kappa shape index (κ3) is 1.30. The fourth-order valence-electron chi connectivity index (χ4n) is 1.15. The molecule has 0 unspecified atom stereocenters. The predicted octanol–water partition coefficient (Wildman–Crippen LogP) is 1.71. The van der Waals surface area contributed by atoms with Gasteiger partial charge in [0.15, 0.2) is 0 Å². The summed E-state index contributed by atoms with van der Waals surface area (Å²) in [6.07, 6.45) is 3.12. The molecule has 0 N–H and O–H groups in total. The maximum atomic E-state index is 13.1. The zero-order valence-corrected chi connectivity index (χ0v) is 7.11. The second-order valence-corrected chi connectivity index (χ2v) is 2.70. The Hall–Kier alpha value is -1.71. The van der Waals surface area contributed by atoms with Crippen molar-refractivity contribution >= 4 is 0 Å². The molecule has 0 aliphatic rings. The summed E-state index contributed by atoms with van der Waals surface area (Å²) in [4.78, 5) is 1.40. The minimum absolute atomic E-state index is 0.241. The highest BCUT2D eigenvalue weighted by Crippen LogP contribution is 2.14. The lowest BCUT2D eigenvalue weighted by Gasteiger charge is -2.03. The molecule has 66 valence electrons. The summed E-state index contributed by atoms with van der Waals surface area (Å²) in [7, 11) is 0. The second-order valence-electron chi connectivity index (χ2n) is 2.70. The van der Waals surface area contributed by atoms with Crippen LogP contribution in [0, 0.1) is 12.7 Å². The van der Waals surface area contributed by atoms with Crippen molar-refractivity contribution in [2.45, 2.75) is 6.92 Å². The predicted molar refractivity (Wildman–Crippen MR) is 46.1 cm³/mol. The third-order valence-electron chi connectivity index (χ3n) is 1.87. The number of benzene rings is 1. The molecule has 0 bridgehead atoms. The summed E-state index contributed by atoms with van der Waals surface area (Å²) in [5, 5.41) is 7.85. The van der Waals surface area contributed by atoms with Crippen molar-refractivity contribution in [3.63, 3.8) is 0 Å². The van der Waals surface area contributed by atoms with E-state index in [1.807, 2.05) is 0 Å². The second kappa shape index (κ2) is 2.97. The molecule has 0 saturated heterocycles. The van der Waals surface area contributed by atoms with Crippen LogP contribution in [0.1, 0.15) is 5.56 Å². The number of rotatable bonds is 1. The fourth-order valence-corrected chi connectivity index (χ4v) is 1.15. The van der Waals surface area contributed by atoms with Crippen LogP contribution in [0.2, 0.25) is 0 Å². The van der Waals surface area contributed by atoms with E-state index in [0.29, 0.717) is 11.3 Å². The normalized spacial score (nSPS) is 10.3. The smallest absolute Gasteiger partial charge is 0.128 e. The van der Waals surface area contributed by atoms with Gasteiger partial charge in [0.25, 0.3) is 0 Å². The first kappa shape index (κ1) is 7.91. The average molecular weight is 177 g/mol. The minimum Gasteiger partial charge on any atom is -0.207 e. The van der Waals surface area contributed by atoms with Crippen molar-refractivity contribution in [3.05, 3.63) is 42.0 Å². The molecule has 1 aromatic carbocycles. The van der Waals surface area contributed by atoms with Crippen LogP contribution in [0.3, 0.4) is 0 Å². The van der Waals surface area contributed by atoms with Crippen LogP contribution < -0.4 is 0 Å². The van der Waals surface area contributed by atoms with Gasteiger partial charge in [-0.25, -0.2) is 4.39 Å². The van der Waals surface area contributed by atoms with Crippen molar-refractivity contribution in [3.8, 4) is 5.69 Å². The van der Waals surface area contributed by atoms with E-state index < -0.39 is 0 Å². The Morgan fingerprint density at radius 3 is 2.62 bits per heavy atom. The van der Waals surface area contributed by atoms with E-state index in [0.717, 1.165) is 0 Å². The molecule has 0 radical (unpaired) electrons. The SMILES string of the molecule is Cc1c(F)cccc1-n1nccn1. The quantitative estimate of drug-likeness (QED) is 0.664. The highest BCUT2D eigenvalue weighted by atomic mass is 19.1.